The number of phenols is 1. The van der Waals surface area contributed by atoms with Crippen LogP contribution in [0.4, 0.5) is 0 Å². The number of ketones is 1. The van der Waals surface area contributed by atoms with Crippen LogP contribution in [0, 0.1) is 0 Å². The molecule has 2 aromatic rings. The van der Waals surface area contributed by atoms with Gasteiger partial charge in [-0.2, -0.15) is 0 Å². The zero-order valence-electron chi connectivity index (χ0n) is 12.5. The number of carbonyl (C=O) groups excluding carboxylic acids is 1. The Hall–Kier alpha value is -2.51. The second kappa shape index (κ2) is 6.78. The molecule has 8 heteroatoms. The van der Waals surface area contributed by atoms with Crippen LogP contribution in [0.3, 0.4) is 0 Å². The van der Waals surface area contributed by atoms with Gasteiger partial charge in [-0.3, -0.25) is 4.79 Å². The molecule has 0 bridgehead atoms. The maximum Gasteiger partial charge on any atom is 0.339 e. The first kappa shape index (κ1) is 17.3. The van der Waals surface area contributed by atoms with Crippen LogP contribution in [0.25, 0.3) is 6.08 Å². The zero-order valence-corrected chi connectivity index (χ0v) is 14.8. The number of hydrogen-bond acceptors (Lipinski definition) is 5. The molecular formula is C17H10BrClO6. The summed E-state index contributed by atoms with van der Waals surface area (Å²) in [4.78, 5) is 23.5. The lowest BCUT2D eigenvalue weighted by molar-refractivity contribution is 0.0693. The molecule has 25 heavy (non-hydrogen) atoms. The highest BCUT2D eigenvalue weighted by Crippen LogP contribution is 2.40. The van der Waals surface area contributed by atoms with E-state index in [1.54, 1.807) is 12.1 Å². The second-order valence-electron chi connectivity index (χ2n) is 5.09. The summed E-state index contributed by atoms with van der Waals surface area (Å²) in [5.74, 6) is -1.57. The van der Waals surface area contributed by atoms with Crippen LogP contribution in [-0.4, -0.2) is 28.8 Å². The second-order valence-corrected chi connectivity index (χ2v) is 6.41. The van der Waals surface area contributed by atoms with Crippen molar-refractivity contribution in [3.63, 3.8) is 0 Å². The van der Waals surface area contributed by atoms with E-state index >= 15 is 0 Å². The molecule has 1 aliphatic heterocycles. The van der Waals surface area contributed by atoms with Crippen LogP contribution < -0.4 is 9.47 Å². The minimum Gasteiger partial charge on any atom is -0.506 e. The number of benzene rings is 2. The minimum absolute atomic E-state index is 0.0744. The molecule has 0 saturated heterocycles. The highest BCUT2D eigenvalue weighted by molar-refractivity contribution is 9.10. The van der Waals surface area contributed by atoms with E-state index in [9.17, 15) is 14.7 Å². The summed E-state index contributed by atoms with van der Waals surface area (Å²) in [7, 11) is 0. The van der Waals surface area contributed by atoms with Crippen LogP contribution >= 0.6 is 27.5 Å². The minimum atomic E-state index is -1.33. The lowest BCUT2D eigenvalue weighted by atomic mass is 10.0. The van der Waals surface area contributed by atoms with E-state index in [0.717, 1.165) is 0 Å². The molecule has 0 saturated carbocycles. The first-order valence-corrected chi connectivity index (χ1v) is 8.11. The molecule has 0 atom stereocenters. The number of allylic oxidation sites excluding steroid dienone is 1. The lowest BCUT2D eigenvalue weighted by Crippen LogP contribution is -2.03. The van der Waals surface area contributed by atoms with Crippen molar-refractivity contribution in [1.29, 1.82) is 0 Å². The Morgan fingerprint density at radius 2 is 1.88 bits per heavy atom. The topological polar surface area (TPSA) is 93.1 Å². The predicted molar refractivity (Wildman–Crippen MR) is 93.7 cm³/mol. The third kappa shape index (κ3) is 3.47. The summed E-state index contributed by atoms with van der Waals surface area (Å²) < 4.78 is 10.8. The number of hydrogen-bond donors (Lipinski definition) is 2. The van der Waals surface area contributed by atoms with Crippen LogP contribution in [0.2, 0.25) is 5.02 Å². The van der Waals surface area contributed by atoms with Crippen LogP contribution in [0.1, 0.15) is 26.3 Å². The van der Waals surface area contributed by atoms with Crippen LogP contribution in [0.15, 0.2) is 34.8 Å². The van der Waals surface area contributed by atoms with E-state index in [0.29, 0.717) is 26.6 Å². The number of carboxylic acids is 1. The molecule has 1 heterocycles. The van der Waals surface area contributed by atoms with Gasteiger partial charge in [-0.15, -0.1) is 0 Å². The predicted octanol–water partition coefficient (Wildman–Crippen LogP) is 4.13. The first-order chi connectivity index (χ1) is 11.9. The highest BCUT2D eigenvalue weighted by Gasteiger charge is 2.19. The largest absolute Gasteiger partial charge is 0.506 e. The molecule has 1 aliphatic rings. The number of rotatable bonds is 4. The average molecular weight is 426 g/mol. The third-order valence-corrected chi connectivity index (χ3v) is 4.19. The molecule has 6 nitrogen and oxygen atoms in total. The molecule has 0 spiro atoms. The zero-order chi connectivity index (χ0) is 18.1. The number of carboxylic acid groups (broad SMARTS) is 1. The Morgan fingerprint density at radius 1 is 1.16 bits per heavy atom. The standard InChI is InChI=1S/C17H10BrClO6/c18-9-5-10(15(21)11(6-9)17(22)23)13(20)2-1-8-3-12(19)16-14(4-8)24-7-25-16/h1-6,21H,7H2,(H,22,23)/b2-1+. The molecule has 0 unspecified atom stereocenters. The summed E-state index contributed by atoms with van der Waals surface area (Å²) in [6.07, 6.45) is 2.69. The normalized spacial score (nSPS) is 12.6. The molecular weight excluding hydrogens is 416 g/mol. The Balaban J connectivity index is 1.92. The molecule has 2 N–H and O–H groups in total. The Bertz CT molecular complexity index is 922. The van der Waals surface area contributed by atoms with Gasteiger partial charge in [0.1, 0.15) is 11.3 Å². The van der Waals surface area contributed by atoms with Gasteiger partial charge >= 0.3 is 5.97 Å². The van der Waals surface area contributed by atoms with E-state index in [2.05, 4.69) is 15.9 Å². The maximum absolute atomic E-state index is 12.3. The van der Waals surface area contributed by atoms with Gasteiger partial charge in [0.15, 0.2) is 17.3 Å². The Kier molecular flexibility index (Phi) is 4.69. The fourth-order valence-electron chi connectivity index (χ4n) is 2.30. The fraction of sp³-hybridized carbons (Fsp3) is 0.0588. The van der Waals surface area contributed by atoms with E-state index in [-0.39, 0.29) is 17.9 Å². The van der Waals surface area contributed by atoms with Gasteiger partial charge in [-0.25, -0.2) is 4.79 Å². The number of carbonyl (C=O) groups is 2. The Morgan fingerprint density at radius 3 is 2.60 bits per heavy atom. The van der Waals surface area contributed by atoms with Gasteiger partial charge in [-0.05, 0) is 35.9 Å². The highest BCUT2D eigenvalue weighted by atomic mass is 79.9. The van der Waals surface area contributed by atoms with Gasteiger partial charge in [0.05, 0.1) is 10.6 Å². The summed E-state index contributed by atoms with van der Waals surface area (Å²) >= 11 is 9.20. The summed E-state index contributed by atoms with van der Waals surface area (Å²) in [5.41, 5.74) is 0.0997. The van der Waals surface area contributed by atoms with Crippen molar-refractivity contribution in [2.45, 2.75) is 0 Å². The molecule has 0 amide bonds. The maximum atomic E-state index is 12.3. The van der Waals surface area contributed by atoms with Crippen molar-refractivity contribution >= 4 is 45.4 Å². The third-order valence-electron chi connectivity index (χ3n) is 3.45. The number of halogens is 2. The van der Waals surface area contributed by atoms with E-state index in [1.165, 1.54) is 24.3 Å². The molecule has 0 radical (unpaired) electrons. The van der Waals surface area contributed by atoms with Crippen molar-refractivity contribution in [2.24, 2.45) is 0 Å². The van der Waals surface area contributed by atoms with Gasteiger partial charge < -0.3 is 19.7 Å². The molecule has 3 rings (SSSR count). The van der Waals surface area contributed by atoms with Crippen molar-refractivity contribution in [3.05, 3.63) is 56.5 Å². The number of ether oxygens (including phenoxy) is 2. The van der Waals surface area contributed by atoms with Crippen molar-refractivity contribution in [1.82, 2.24) is 0 Å². The quantitative estimate of drug-likeness (QED) is 0.565. The van der Waals surface area contributed by atoms with Crippen LogP contribution in [-0.2, 0) is 0 Å². The molecule has 2 aromatic carbocycles. The van der Waals surface area contributed by atoms with Crippen molar-refractivity contribution in [2.75, 3.05) is 6.79 Å². The number of aromatic hydroxyl groups is 1. The average Bonchev–Trinajstić information content (AvgIpc) is 3.03. The van der Waals surface area contributed by atoms with E-state index < -0.39 is 17.5 Å². The van der Waals surface area contributed by atoms with Crippen molar-refractivity contribution < 1.29 is 29.3 Å². The Labute approximate surface area is 155 Å². The van der Waals surface area contributed by atoms with E-state index in [1.807, 2.05) is 0 Å². The smallest absolute Gasteiger partial charge is 0.339 e. The summed E-state index contributed by atoms with van der Waals surface area (Å²) in [5, 5.41) is 19.4. The summed E-state index contributed by atoms with van der Waals surface area (Å²) in [6.45, 7) is 0.0744. The van der Waals surface area contributed by atoms with Crippen LogP contribution in [0.5, 0.6) is 17.2 Å². The molecule has 128 valence electrons. The monoisotopic (exact) mass is 424 g/mol. The van der Waals surface area contributed by atoms with Gasteiger partial charge in [0.2, 0.25) is 6.79 Å². The van der Waals surface area contributed by atoms with E-state index in [4.69, 9.17) is 26.2 Å². The summed E-state index contributed by atoms with van der Waals surface area (Å²) in [6, 6.07) is 5.82. The fourth-order valence-corrected chi connectivity index (χ4v) is 3.03. The number of fused-ring (bicyclic) bond motifs is 1. The SMILES string of the molecule is O=C(O)c1cc(Br)cc(C(=O)/C=C/c2cc(Cl)c3c(c2)OCO3)c1O. The van der Waals surface area contributed by atoms with Crippen molar-refractivity contribution in [3.8, 4) is 17.2 Å². The van der Waals surface area contributed by atoms with Gasteiger partial charge in [0.25, 0.3) is 0 Å². The lowest BCUT2D eigenvalue weighted by Gasteiger charge is -2.06. The molecule has 0 aliphatic carbocycles. The number of aromatic carboxylic acids is 1. The molecule has 0 aromatic heterocycles. The first-order valence-electron chi connectivity index (χ1n) is 6.94. The van der Waals surface area contributed by atoms with Gasteiger partial charge in [-0.1, -0.05) is 33.6 Å². The van der Waals surface area contributed by atoms with Gasteiger partial charge in [0, 0.05) is 4.47 Å². The molecule has 0 fully saturated rings.